The monoisotopic (exact) mass is 446 g/mol. The number of nitrogens with one attached hydrogen (secondary N) is 1. The first kappa shape index (κ1) is 20.5. The highest BCUT2D eigenvalue weighted by Crippen LogP contribution is 2.42. The molecule has 3 aromatic heterocycles. The molecule has 4 heterocycles. The smallest absolute Gasteiger partial charge is 0.170 e. The number of hydrogen-bond donors (Lipinski definition) is 1. The Kier molecular flexibility index (Phi) is 5.27. The van der Waals surface area contributed by atoms with Gasteiger partial charge >= 0.3 is 0 Å². The van der Waals surface area contributed by atoms with Crippen molar-refractivity contribution >= 4 is 17.3 Å². The highest BCUT2D eigenvalue weighted by Gasteiger charge is 2.41. The van der Waals surface area contributed by atoms with Crippen LogP contribution in [-0.4, -0.2) is 19.6 Å². The van der Waals surface area contributed by atoms with Gasteiger partial charge < -0.3 is 19.2 Å². The van der Waals surface area contributed by atoms with Crippen molar-refractivity contribution in [3.8, 4) is 5.69 Å². The zero-order valence-corrected chi connectivity index (χ0v) is 18.6. The second-order valence-electron chi connectivity index (χ2n) is 7.95. The summed E-state index contributed by atoms with van der Waals surface area (Å²) in [5.41, 5.74) is 4.43. The first-order valence-electron chi connectivity index (χ1n) is 10.5. The maximum Gasteiger partial charge on any atom is 0.170 e. The highest BCUT2D eigenvalue weighted by molar-refractivity contribution is 7.80. The van der Waals surface area contributed by atoms with Gasteiger partial charge in [-0.25, -0.2) is 4.39 Å². The molecule has 0 bridgehead atoms. The average molecular weight is 447 g/mol. The van der Waals surface area contributed by atoms with Crippen LogP contribution in [-0.2, 0) is 6.54 Å². The van der Waals surface area contributed by atoms with E-state index in [1.807, 2.05) is 54.8 Å². The van der Waals surface area contributed by atoms with Gasteiger partial charge in [-0.1, -0.05) is 18.2 Å². The summed E-state index contributed by atoms with van der Waals surface area (Å²) in [6, 6.07) is 18.4. The van der Waals surface area contributed by atoms with Crippen molar-refractivity contribution in [2.24, 2.45) is 0 Å². The number of benzene rings is 1. The molecular formula is C25H23FN4OS. The summed E-state index contributed by atoms with van der Waals surface area (Å²) in [6.45, 7) is 4.54. The van der Waals surface area contributed by atoms with E-state index in [2.05, 4.69) is 21.3 Å². The Balaban J connectivity index is 1.64. The number of para-hydroxylation sites is 1. The third kappa shape index (κ3) is 3.48. The van der Waals surface area contributed by atoms with Crippen molar-refractivity contribution in [1.82, 2.24) is 19.8 Å². The second-order valence-corrected chi connectivity index (χ2v) is 8.33. The molecule has 1 aliphatic heterocycles. The van der Waals surface area contributed by atoms with Crippen molar-refractivity contribution in [2.45, 2.75) is 32.5 Å². The Morgan fingerprint density at radius 2 is 1.91 bits per heavy atom. The third-order valence-corrected chi connectivity index (χ3v) is 6.34. The Morgan fingerprint density at radius 3 is 2.62 bits per heavy atom. The minimum atomic E-state index is -0.255. The summed E-state index contributed by atoms with van der Waals surface area (Å²) < 4.78 is 22.2. The number of thiocarbonyl (C=S) groups is 1. The normalized spacial score (nSPS) is 18.2. The first-order valence-corrected chi connectivity index (χ1v) is 10.9. The van der Waals surface area contributed by atoms with E-state index in [4.69, 9.17) is 16.6 Å². The molecule has 1 N–H and O–H groups in total. The maximum atomic E-state index is 14.7. The van der Waals surface area contributed by atoms with Crippen molar-refractivity contribution in [3.63, 3.8) is 0 Å². The lowest BCUT2D eigenvalue weighted by Gasteiger charge is -2.27. The van der Waals surface area contributed by atoms with Gasteiger partial charge in [-0.05, 0) is 74.1 Å². The lowest BCUT2D eigenvalue weighted by atomic mass is 9.96. The van der Waals surface area contributed by atoms with E-state index in [1.54, 1.807) is 24.6 Å². The molecule has 0 aliphatic carbocycles. The third-order valence-electron chi connectivity index (χ3n) is 5.99. The zero-order chi connectivity index (χ0) is 22.2. The van der Waals surface area contributed by atoms with Gasteiger partial charge in [0.05, 0.1) is 36.3 Å². The van der Waals surface area contributed by atoms with Gasteiger partial charge in [-0.2, -0.15) is 0 Å². The SMILES string of the molecule is Cc1cc([C@@H]2[C@H](c3ccccn3)NC(=S)N2Cc2ccco2)c(C)n1-c1ccccc1F. The fraction of sp³-hybridized carbons (Fsp3) is 0.200. The largest absolute Gasteiger partial charge is 0.467 e. The summed E-state index contributed by atoms with van der Waals surface area (Å²) >= 11 is 5.74. The van der Waals surface area contributed by atoms with Crippen LogP contribution < -0.4 is 5.32 Å². The van der Waals surface area contributed by atoms with Crippen LogP contribution in [0.3, 0.4) is 0 Å². The van der Waals surface area contributed by atoms with Crippen LogP contribution in [0.5, 0.6) is 0 Å². The zero-order valence-electron chi connectivity index (χ0n) is 17.8. The Bertz CT molecular complexity index is 1250. The predicted octanol–water partition coefficient (Wildman–Crippen LogP) is 5.39. The fourth-order valence-electron chi connectivity index (χ4n) is 4.58. The minimum absolute atomic E-state index is 0.130. The molecule has 1 aliphatic rings. The molecule has 0 amide bonds. The number of halogens is 1. The van der Waals surface area contributed by atoms with Crippen LogP contribution in [0.1, 0.15) is 40.5 Å². The molecule has 1 aromatic carbocycles. The first-order chi connectivity index (χ1) is 15.5. The molecule has 0 unspecified atom stereocenters. The minimum Gasteiger partial charge on any atom is -0.467 e. The van der Waals surface area contributed by atoms with E-state index >= 15 is 0 Å². The van der Waals surface area contributed by atoms with Crippen molar-refractivity contribution in [3.05, 3.63) is 107 Å². The lowest BCUT2D eigenvalue weighted by Crippen LogP contribution is -2.29. The van der Waals surface area contributed by atoms with E-state index in [-0.39, 0.29) is 17.9 Å². The Hall–Kier alpha value is -3.45. The van der Waals surface area contributed by atoms with Crippen LogP contribution in [0.25, 0.3) is 5.69 Å². The molecular weight excluding hydrogens is 423 g/mol. The molecule has 1 saturated heterocycles. The van der Waals surface area contributed by atoms with Crippen LogP contribution in [0, 0.1) is 19.7 Å². The van der Waals surface area contributed by atoms with E-state index in [1.165, 1.54) is 6.07 Å². The standard InChI is InChI=1S/C25H23FN4OS/c1-16-14-19(17(2)30(16)22-11-4-3-9-20(22)26)24-23(21-10-5-6-12-27-21)28-25(32)29(24)15-18-8-7-13-31-18/h3-14,23-24H,15H2,1-2H3,(H,28,32)/t23-,24+/m0/s1. The summed E-state index contributed by atoms with van der Waals surface area (Å²) in [7, 11) is 0. The van der Waals surface area contributed by atoms with Crippen molar-refractivity contribution in [2.75, 3.05) is 0 Å². The molecule has 5 nitrogen and oxygen atoms in total. The van der Waals surface area contributed by atoms with Crippen molar-refractivity contribution in [1.29, 1.82) is 0 Å². The van der Waals surface area contributed by atoms with Gasteiger partial charge in [-0.15, -0.1) is 0 Å². The fourth-order valence-corrected chi connectivity index (χ4v) is 4.88. The van der Waals surface area contributed by atoms with E-state index in [0.717, 1.165) is 28.4 Å². The molecule has 1 fully saturated rings. The second kappa shape index (κ2) is 8.24. The summed E-state index contributed by atoms with van der Waals surface area (Å²) in [4.78, 5) is 6.72. The van der Waals surface area contributed by atoms with E-state index < -0.39 is 0 Å². The molecule has 0 saturated carbocycles. The summed E-state index contributed by atoms with van der Waals surface area (Å²) in [5.74, 6) is 0.568. The van der Waals surface area contributed by atoms with Gasteiger partial charge in [0.1, 0.15) is 11.6 Å². The van der Waals surface area contributed by atoms with Crippen LogP contribution >= 0.6 is 12.2 Å². The molecule has 7 heteroatoms. The Morgan fingerprint density at radius 1 is 1.09 bits per heavy atom. The van der Waals surface area contributed by atoms with Crippen molar-refractivity contribution < 1.29 is 8.81 Å². The van der Waals surface area contributed by atoms with Crippen LogP contribution in [0.2, 0.25) is 0 Å². The molecule has 162 valence electrons. The summed E-state index contributed by atoms with van der Waals surface area (Å²) in [5, 5.41) is 4.10. The highest BCUT2D eigenvalue weighted by atomic mass is 32.1. The topological polar surface area (TPSA) is 46.2 Å². The molecule has 4 aromatic rings. The number of hydrogen-bond acceptors (Lipinski definition) is 3. The lowest BCUT2D eigenvalue weighted by molar-refractivity contribution is 0.286. The molecule has 32 heavy (non-hydrogen) atoms. The predicted molar refractivity (Wildman–Crippen MR) is 125 cm³/mol. The van der Waals surface area contributed by atoms with Gasteiger partial charge in [0.2, 0.25) is 0 Å². The van der Waals surface area contributed by atoms with Gasteiger partial charge in [-0.3, -0.25) is 4.98 Å². The number of nitrogens with zero attached hydrogens (tertiary/aromatic N) is 3. The number of pyridine rings is 1. The number of aryl methyl sites for hydroxylation is 1. The average Bonchev–Trinajstić information content (AvgIpc) is 3.49. The maximum absolute atomic E-state index is 14.7. The van der Waals surface area contributed by atoms with E-state index in [0.29, 0.717) is 17.3 Å². The Labute approximate surface area is 191 Å². The van der Waals surface area contributed by atoms with Gasteiger partial charge in [0, 0.05) is 17.6 Å². The number of aromatic nitrogens is 2. The van der Waals surface area contributed by atoms with Gasteiger partial charge in [0.25, 0.3) is 0 Å². The molecule has 2 atom stereocenters. The molecule has 0 spiro atoms. The van der Waals surface area contributed by atoms with Crippen LogP contribution in [0.4, 0.5) is 4.39 Å². The summed E-state index contributed by atoms with van der Waals surface area (Å²) in [6.07, 6.45) is 3.45. The van der Waals surface area contributed by atoms with Gasteiger partial charge in [0.15, 0.2) is 5.11 Å². The number of rotatable bonds is 5. The number of furan rings is 1. The van der Waals surface area contributed by atoms with E-state index in [9.17, 15) is 4.39 Å². The van der Waals surface area contributed by atoms with Crippen LogP contribution in [0.15, 0.2) is 77.5 Å². The quantitative estimate of drug-likeness (QED) is 0.416. The molecule has 0 radical (unpaired) electrons. The molecule has 5 rings (SSSR count).